The highest BCUT2D eigenvalue weighted by Gasteiger charge is 2.09. The Labute approximate surface area is 110 Å². The van der Waals surface area contributed by atoms with Gasteiger partial charge in [0.25, 0.3) is 5.56 Å². The maximum Gasteiger partial charge on any atom is 0.268 e. The van der Waals surface area contributed by atoms with E-state index in [-0.39, 0.29) is 11.1 Å². The van der Waals surface area contributed by atoms with Crippen molar-refractivity contribution in [2.24, 2.45) is 5.92 Å². The molecule has 0 spiro atoms. The maximum absolute atomic E-state index is 11.9. The van der Waals surface area contributed by atoms with E-state index in [4.69, 9.17) is 5.26 Å². The third-order valence-electron chi connectivity index (χ3n) is 2.69. The second kappa shape index (κ2) is 5.48. The van der Waals surface area contributed by atoms with Crippen LogP contribution in [-0.2, 0) is 13.1 Å². The van der Waals surface area contributed by atoms with Crippen LogP contribution in [0.25, 0.3) is 0 Å². The molecular formula is C13H15N5O. The molecule has 2 heterocycles. The lowest BCUT2D eigenvalue weighted by atomic mass is 10.2. The number of rotatable bonds is 4. The van der Waals surface area contributed by atoms with Crippen molar-refractivity contribution in [1.82, 2.24) is 19.3 Å². The van der Waals surface area contributed by atoms with Crippen LogP contribution in [0.3, 0.4) is 0 Å². The summed E-state index contributed by atoms with van der Waals surface area (Å²) in [4.78, 5) is 16.1. The van der Waals surface area contributed by atoms with Crippen molar-refractivity contribution in [3.63, 3.8) is 0 Å². The zero-order valence-electron chi connectivity index (χ0n) is 10.9. The first-order valence-electron chi connectivity index (χ1n) is 6.08. The van der Waals surface area contributed by atoms with Gasteiger partial charge in [0.15, 0.2) is 0 Å². The normalized spacial score (nSPS) is 10.6. The molecule has 0 atom stereocenters. The number of hydrogen-bond acceptors (Lipinski definition) is 4. The van der Waals surface area contributed by atoms with Gasteiger partial charge in [0.05, 0.1) is 6.54 Å². The van der Waals surface area contributed by atoms with Crippen molar-refractivity contribution in [1.29, 1.82) is 5.26 Å². The van der Waals surface area contributed by atoms with Gasteiger partial charge in [-0.25, -0.2) is 9.67 Å². The second-order valence-electron chi connectivity index (χ2n) is 4.72. The Balaban J connectivity index is 2.30. The van der Waals surface area contributed by atoms with Crippen molar-refractivity contribution in [3.8, 4) is 6.07 Å². The molecule has 0 amide bonds. The molecule has 0 saturated heterocycles. The molecule has 0 aliphatic heterocycles. The largest absolute Gasteiger partial charge is 0.307 e. The van der Waals surface area contributed by atoms with E-state index in [1.807, 2.05) is 6.07 Å². The zero-order chi connectivity index (χ0) is 13.8. The molecule has 0 saturated carbocycles. The summed E-state index contributed by atoms with van der Waals surface area (Å²) in [6, 6.07) is 5.08. The van der Waals surface area contributed by atoms with E-state index < -0.39 is 0 Å². The predicted molar refractivity (Wildman–Crippen MR) is 69.4 cm³/mol. The molecule has 0 aliphatic carbocycles. The lowest BCUT2D eigenvalue weighted by Crippen LogP contribution is -2.24. The Hall–Kier alpha value is -2.42. The van der Waals surface area contributed by atoms with Crippen molar-refractivity contribution >= 4 is 0 Å². The van der Waals surface area contributed by atoms with Crippen LogP contribution in [0.15, 0.2) is 29.5 Å². The standard InChI is InChI=1S/C13H15N5O/c1-10(2)7-18-12(15-9-16-18)8-17-5-3-4-11(6-14)13(17)19/h3-5,9-10H,7-8H2,1-2H3. The smallest absolute Gasteiger partial charge is 0.268 e. The Morgan fingerprint density at radius 1 is 1.47 bits per heavy atom. The Bertz CT molecular complexity index is 662. The zero-order valence-corrected chi connectivity index (χ0v) is 10.9. The molecule has 0 radical (unpaired) electrons. The Kier molecular flexibility index (Phi) is 3.76. The first-order valence-corrected chi connectivity index (χ1v) is 6.08. The van der Waals surface area contributed by atoms with Crippen LogP contribution in [0, 0.1) is 17.2 Å². The lowest BCUT2D eigenvalue weighted by molar-refractivity contribution is 0.459. The summed E-state index contributed by atoms with van der Waals surface area (Å²) in [6.45, 7) is 5.25. The van der Waals surface area contributed by atoms with Gasteiger partial charge in [-0.05, 0) is 18.1 Å². The van der Waals surface area contributed by atoms with Crippen molar-refractivity contribution in [3.05, 3.63) is 46.4 Å². The van der Waals surface area contributed by atoms with Gasteiger partial charge in [-0.15, -0.1) is 0 Å². The van der Waals surface area contributed by atoms with Crippen LogP contribution in [0.2, 0.25) is 0 Å². The van der Waals surface area contributed by atoms with Crippen molar-refractivity contribution in [2.75, 3.05) is 0 Å². The highest BCUT2D eigenvalue weighted by atomic mass is 16.1. The quantitative estimate of drug-likeness (QED) is 0.819. The van der Waals surface area contributed by atoms with Crippen LogP contribution in [0.5, 0.6) is 0 Å². The van der Waals surface area contributed by atoms with Gasteiger partial charge in [-0.3, -0.25) is 4.79 Å². The molecule has 98 valence electrons. The predicted octanol–water partition coefficient (Wildman–Crippen LogP) is 1.02. The number of hydrogen-bond donors (Lipinski definition) is 0. The molecule has 6 nitrogen and oxygen atoms in total. The third-order valence-corrected chi connectivity index (χ3v) is 2.69. The molecule has 0 aromatic carbocycles. The van der Waals surface area contributed by atoms with Gasteiger partial charge in [-0.2, -0.15) is 10.4 Å². The number of nitrogens with zero attached hydrogens (tertiary/aromatic N) is 5. The van der Waals surface area contributed by atoms with E-state index in [9.17, 15) is 4.79 Å². The van der Waals surface area contributed by atoms with Crippen molar-refractivity contribution in [2.45, 2.75) is 26.9 Å². The van der Waals surface area contributed by atoms with E-state index >= 15 is 0 Å². The molecule has 0 unspecified atom stereocenters. The molecule has 19 heavy (non-hydrogen) atoms. The number of nitriles is 1. The summed E-state index contributed by atoms with van der Waals surface area (Å²) in [5, 5.41) is 13.0. The van der Waals surface area contributed by atoms with Crippen LogP contribution >= 0.6 is 0 Å². The van der Waals surface area contributed by atoms with Crippen LogP contribution < -0.4 is 5.56 Å². The Morgan fingerprint density at radius 3 is 2.95 bits per heavy atom. The number of aromatic nitrogens is 4. The molecule has 0 aliphatic rings. The van der Waals surface area contributed by atoms with Gasteiger partial charge in [0.2, 0.25) is 0 Å². The second-order valence-corrected chi connectivity index (χ2v) is 4.72. The average molecular weight is 257 g/mol. The lowest BCUT2D eigenvalue weighted by Gasteiger charge is -2.09. The first kappa shape index (κ1) is 13.0. The third kappa shape index (κ3) is 2.88. The summed E-state index contributed by atoms with van der Waals surface area (Å²) in [7, 11) is 0. The molecule has 2 aromatic heterocycles. The monoisotopic (exact) mass is 257 g/mol. The van der Waals surface area contributed by atoms with E-state index in [2.05, 4.69) is 23.9 Å². The topological polar surface area (TPSA) is 76.5 Å². The molecule has 2 rings (SSSR count). The molecule has 2 aromatic rings. The summed E-state index contributed by atoms with van der Waals surface area (Å²) >= 11 is 0. The summed E-state index contributed by atoms with van der Waals surface area (Å²) in [6.07, 6.45) is 3.13. The van der Waals surface area contributed by atoms with Gasteiger partial charge in [-0.1, -0.05) is 13.8 Å². The molecule has 6 heteroatoms. The highest BCUT2D eigenvalue weighted by molar-refractivity contribution is 5.25. The minimum absolute atomic E-state index is 0.137. The van der Waals surface area contributed by atoms with E-state index in [0.29, 0.717) is 18.3 Å². The maximum atomic E-state index is 11.9. The van der Waals surface area contributed by atoms with Crippen molar-refractivity contribution < 1.29 is 0 Å². The molecule has 0 fully saturated rings. The van der Waals surface area contributed by atoms with Gasteiger partial charge >= 0.3 is 0 Å². The average Bonchev–Trinajstić information content (AvgIpc) is 2.78. The number of pyridine rings is 1. The fourth-order valence-corrected chi connectivity index (χ4v) is 1.81. The van der Waals surface area contributed by atoms with Crippen LogP contribution in [0.1, 0.15) is 25.2 Å². The fourth-order valence-electron chi connectivity index (χ4n) is 1.81. The highest BCUT2D eigenvalue weighted by Crippen LogP contribution is 2.02. The minimum atomic E-state index is -0.302. The van der Waals surface area contributed by atoms with Crippen LogP contribution in [0.4, 0.5) is 0 Å². The molecule has 0 N–H and O–H groups in total. The first-order chi connectivity index (χ1) is 9.11. The van der Waals surface area contributed by atoms with E-state index in [1.54, 1.807) is 16.9 Å². The van der Waals surface area contributed by atoms with Crippen LogP contribution in [-0.4, -0.2) is 19.3 Å². The van der Waals surface area contributed by atoms with E-state index in [0.717, 1.165) is 6.54 Å². The van der Waals surface area contributed by atoms with E-state index in [1.165, 1.54) is 17.0 Å². The summed E-state index contributed by atoms with van der Waals surface area (Å²) in [5.41, 5.74) is -0.165. The van der Waals surface area contributed by atoms with Gasteiger partial charge in [0, 0.05) is 12.7 Å². The molecular weight excluding hydrogens is 242 g/mol. The molecule has 0 bridgehead atoms. The fraction of sp³-hybridized carbons (Fsp3) is 0.385. The minimum Gasteiger partial charge on any atom is -0.307 e. The summed E-state index contributed by atoms with van der Waals surface area (Å²) < 4.78 is 3.26. The SMILES string of the molecule is CC(C)Cn1ncnc1Cn1cccc(C#N)c1=O. The van der Waals surface area contributed by atoms with Gasteiger partial charge in [0.1, 0.15) is 23.8 Å². The summed E-state index contributed by atoms with van der Waals surface area (Å²) in [5.74, 6) is 1.16. The Morgan fingerprint density at radius 2 is 2.26 bits per heavy atom. The van der Waals surface area contributed by atoms with Gasteiger partial charge < -0.3 is 4.57 Å².